The van der Waals surface area contributed by atoms with Crippen LogP contribution in [0.4, 0.5) is 20.7 Å². The second kappa shape index (κ2) is 10.6. The van der Waals surface area contributed by atoms with E-state index in [2.05, 4.69) is 27.9 Å². The Morgan fingerprint density at radius 1 is 1.09 bits per heavy atom. The molecule has 8 heteroatoms. The van der Waals surface area contributed by atoms with Crippen molar-refractivity contribution in [1.29, 1.82) is 0 Å². The fraction of sp³-hybridized carbons (Fsp3) is 0.480. The molecule has 1 aromatic carbocycles. The van der Waals surface area contributed by atoms with Crippen LogP contribution in [0.3, 0.4) is 0 Å². The van der Waals surface area contributed by atoms with E-state index in [1.54, 1.807) is 0 Å². The molecule has 2 aromatic rings. The summed E-state index contributed by atoms with van der Waals surface area (Å²) >= 11 is 0. The summed E-state index contributed by atoms with van der Waals surface area (Å²) in [6.07, 6.45) is 4.40. The average Bonchev–Trinajstić information content (AvgIpc) is 2.75. The number of alkyl carbamates (subject to hydrolysis) is 1. The van der Waals surface area contributed by atoms with Gasteiger partial charge in [0.05, 0.1) is 11.8 Å². The molecule has 0 bridgehead atoms. The number of carbonyl (C=O) groups excluding carboxylic acids is 2. The van der Waals surface area contributed by atoms with Crippen molar-refractivity contribution in [3.63, 3.8) is 0 Å². The van der Waals surface area contributed by atoms with Crippen LogP contribution in [0.2, 0.25) is 0 Å². The molecule has 0 saturated heterocycles. The lowest BCUT2D eigenvalue weighted by Gasteiger charge is -2.30. The second-order valence-electron chi connectivity index (χ2n) is 9.40. The van der Waals surface area contributed by atoms with Crippen LogP contribution >= 0.6 is 0 Å². The highest BCUT2D eigenvalue weighted by atomic mass is 19.1. The van der Waals surface area contributed by atoms with Gasteiger partial charge in [-0.25, -0.2) is 14.2 Å². The molecule has 1 fully saturated rings. The summed E-state index contributed by atoms with van der Waals surface area (Å²) in [6, 6.07) is 8.94. The summed E-state index contributed by atoms with van der Waals surface area (Å²) in [5.74, 6) is -0.639. The number of hydrogen-bond acceptors (Lipinski definition) is 5. The summed E-state index contributed by atoms with van der Waals surface area (Å²) in [5.41, 5.74) is 1.55. The van der Waals surface area contributed by atoms with Crippen molar-refractivity contribution >= 4 is 23.5 Å². The number of aryl methyl sites for hydroxylation is 1. The minimum absolute atomic E-state index is 0.00640. The Hall–Kier alpha value is -3.16. The van der Waals surface area contributed by atoms with Gasteiger partial charge in [0.2, 0.25) is 0 Å². The number of halogens is 1. The monoisotopic (exact) mass is 456 g/mol. The Labute approximate surface area is 194 Å². The molecular weight excluding hydrogens is 423 g/mol. The molecule has 178 valence electrons. The standard InChI is InChI=1S/C25H33FN4O3/c1-5-16-7-6-8-20(13-16)28-22-21(14-17(26)15-27-22)23(31)29-18-9-11-19(12-10-18)30-24(32)33-25(2,3)4/h6-8,13-15,18-19H,5,9-12H2,1-4H3,(H,27,28)(H,29,31)(H,30,32). The summed E-state index contributed by atoms with van der Waals surface area (Å²) in [7, 11) is 0. The zero-order valence-electron chi connectivity index (χ0n) is 19.7. The third-order valence-electron chi connectivity index (χ3n) is 5.48. The predicted octanol–water partition coefficient (Wildman–Crippen LogP) is 5.09. The van der Waals surface area contributed by atoms with Gasteiger partial charge in [0, 0.05) is 17.8 Å². The van der Waals surface area contributed by atoms with Crippen LogP contribution in [0.25, 0.3) is 0 Å². The first-order valence-electron chi connectivity index (χ1n) is 11.4. The molecular formula is C25H33FN4O3. The van der Waals surface area contributed by atoms with Crippen LogP contribution in [-0.4, -0.2) is 34.7 Å². The maximum absolute atomic E-state index is 13.9. The molecule has 0 radical (unpaired) electrons. The van der Waals surface area contributed by atoms with Crippen molar-refractivity contribution in [3.05, 3.63) is 53.5 Å². The van der Waals surface area contributed by atoms with Gasteiger partial charge in [-0.1, -0.05) is 19.1 Å². The summed E-state index contributed by atoms with van der Waals surface area (Å²) in [5, 5.41) is 9.02. The molecule has 3 rings (SSSR count). The van der Waals surface area contributed by atoms with Crippen molar-refractivity contribution in [3.8, 4) is 0 Å². The smallest absolute Gasteiger partial charge is 0.407 e. The Morgan fingerprint density at radius 2 is 1.76 bits per heavy atom. The zero-order chi connectivity index (χ0) is 24.0. The molecule has 0 unspecified atom stereocenters. The van der Waals surface area contributed by atoms with Gasteiger partial charge in [-0.15, -0.1) is 0 Å². The first-order valence-corrected chi connectivity index (χ1v) is 11.4. The highest BCUT2D eigenvalue weighted by Gasteiger charge is 2.26. The van der Waals surface area contributed by atoms with Crippen LogP contribution in [0.15, 0.2) is 36.5 Å². The van der Waals surface area contributed by atoms with E-state index >= 15 is 0 Å². The van der Waals surface area contributed by atoms with Crippen molar-refractivity contribution in [2.24, 2.45) is 0 Å². The van der Waals surface area contributed by atoms with E-state index in [9.17, 15) is 14.0 Å². The molecule has 1 heterocycles. The summed E-state index contributed by atoms with van der Waals surface area (Å²) in [4.78, 5) is 29.1. The van der Waals surface area contributed by atoms with Gasteiger partial charge in [0.15, 0.2) is 0 Å². The molecule has 0 atom stereocenters. The average molecular weight is 457 g/mol. The van der Waals surface area contributed by atoms with E-state index in [0.717, 1.165) is 36.7 Å². The number of nitrogens with one attached hydrogen (secondary N) is 3. The van der Waals surface area contributed by atoms with E-state index in [1.165, 1.54) is 6.07 Å². The first-order chi connectivity index (χ1) is 15.6. The van der Waals surface area contributed by atoms with Crippen LogP contribution in [0.5, 0.6) is 0 Å². The highest BCUT2D eigenvalue weighted by Crippen LogP contribution is 2.23. The fourth-order valence-electron chi connectivity index (χ4n) is 3.84. The molecule has 1 saturated carbocycles. The predicted molar refractivity (Wildman–Crippen MR) is 126 cm³/mol. The molecule has 1 aromatic heterocycles. The van der Waals surface area contributed by atoms with Crippen molar-refractivity contribution < 1.29 is 18.7 Å². The Morgan fingerprint density at radius 3 is 2.39 bits per heavy atom. The maximum Gasteiger partial charge on any atom is 0.407 e. The van der Waals surface area contributed by atoms with E-state index in [4.69, 9.17) is 4.74 Å². The molecule has 33 heavy (non-hydrogen) atoms. The van der Waals surface area contributed by atoms with Gasteiger partial charge in [-0.2, -0.15) is 0 Å². The third kappa shape index (κ3) is 7.44. The van der Waals surface area contributed by atoms with Crippen LogP contribution < -0.4 is 16.0 Å². The van der Waals surface area contributed by atoms with E-state index in [-0.39, 0.29) is 23.6 Å². The summed E-state index contributed by atoms with van der Waals surface area (Å²) < 4.78 is 19.2. The topological polar surface area (TPSA) is 92.4 Å². The number of nitrogens with zero attached hydrogens (tertiary/aromatic N) is 1. The lowest BCUT2D eigenvalue weighted by atomic mass is 9.91. The van der Waals surface area contributed by atoms with Crippen molar-refractivity contribution in [2.75, 3.05) is 5.32 Å². The number of ether oxygens (including phenoxy) is 1. The van der Waals surface area contributed by atoms with Crippen molar-refractivity contribution in [2.45, 2.75) is 77.5 Å². The first kappa shape index (κ1) is 24.5. The number of hydrogen-bond donors (Lipinski definition) is 3. The number of pyridine rings is 1. The van der Waals surface area contributed by atoms with Crippen LogP contribution in [0, 0.1) is 5.82 Å². The minimum Gasteiger partial charge on any atom is -0.444 e. The van der Waals surface area contributed by atoms with Gasteiger partial charge in [0.1, 0.15) is 17.2 Å². The van der Waals surface area contributed by atoms with Gasteiger partial charge >= 0.3 is 6.09 Å². The number of carbonyl (C=O) groups is 2. The molecule has 1 aliphatic rings. The minimum atomic E-state index is -0.571. The molecule has 0 aliphatic heterocycles. The lowest BCUT2D eigenvalue weighted by molar-refractivity contribution is 0.0488. The zero-order valence-corrected chi connectivity index (χ0v) is 19.7. The quantitative estimate of drug-likeness (QED) is 0.563. The number of anilines is 2. The summed E-state index contributed by atoms with van der Waals surface area (Å²) in [6.45, 7) is 7.53. The largest absolute Gasteiger partial charge is 0.444 e. The second-order valence-corrected chi connectivity index (χ2v) is 9.40. The van der Waals surface area contributed by atoms with Gasteiger partial charge in [0.25, 0.3) is 5.91 Å². The molecule has 1 aliphatic carbocycles. The van der Waals surface area contributed by atoms with E-state index in [0.29, 0.717) is 18.7 Å². The van der Waals surface area contributed by atoms with E-state index in [1.807, 2.05) is 45.0 Å². The van der Waals surface area contributed by atoms with Crippen LogP contribution in [0.1, 0.15) is 69.3 Å². The number of rotatable bonds is 6. The SMILES string of the molecule is CCc1cccc(Nc2ncc(F)cc2C(=O)NC2CCC(NC(=O)OC(C)(C)C)CC2)c1. The van der Waals surface area contributed by atoms with Gasteiger partial charge < -0.3 is 20.7 Å². The molecule has 0 spiro atoms. The van der Waals surface area contributed by atoms with Crippen LogP contribution in [-0.2, 0) is 11.2 Å². The normalized spacial score (nSPS) is 18.3. The molecule has 7 nitrogen and oxygen atoms in total. The lowest BCUT2D eigenvalue weighted by Crippen LogP contribution is -2.45. The van der Waals surface area contributed by atoms with Crippen molar-refractivity contribution in [1.82, 2.24) is 15.6 Å². The Bertz CT molecular complexity index is 982. The Kier molecular flexibility index (Phi) is 7.89. The highest BCUT2D eigenvalue weighted by molar-refractivity contribution is 5.99. The molecule has 2 amide bonds. The third-order valence-corrected chi connectivity index (χ3v) is 5.48. The van der Waals surface area contributed by atoms with Gasteiger partial charge in [-0.05, 0) is 76.6 Å². The fourth-order valence-corrected chi connectivity index (χ4v) is 3.84. The number of benzene rings is 1. The number of amides is 2. The number of aromatic nitrogens is 1. The van der Waals surface area contributed by atoms with Gasteiger partial charge in [-0.3, -0.25) is 4.79 Å². The molecule has 3 N–H and O–H groups in total. The maximum atomic E-state index is 13.9. The Balaban J connectivity index is 1.59. The van der Waals surface area contributed by atoms with E-state index < -0.39 is 17.5 Å².